The SMILES string of the molecule is COc1ccc(C(=O)Nc2cccc(CNC(C)C(C)CO)c2)cc1. The predicted octanol–water partition coefficient (Wildman–Crippen LogP) is 3.05. The van der Waals surface area contributed by atoms with Gasteiger partial charge in [-0.1, -0.05) is 19.1 Å². The molecule has 5 heteroatoms. The van der Waals surface area contributed by atoms with Crippen molar-refractivity contribution in [2.24, 2.45) is 5.92 Å². The molecule has 0 saturated carbocycles. The lowest BCUT2D eigenvalue weighted by Gasteiger charge is -2.19. The van der Waals surface area contributed by atoms with Crippen molar-refractivity contribution in [3.05, 3.63) is 59.7 Å². The number of carbonyl (C=O) groups excluding carboxylic acids is 1. The van der Waals surface area contributed by atoms with E-state index in [1.807, 2.05) is 31.2 Å². The van der Waals surface area contributed by atoms with E-state index in [-0.39, 0.29) is 24.5 Å². The van der Waals surface area contributed by atoms with Gasteiger partial charge in [0.15, 0.2) is 0 Å². The number of nitrogens with one attached hydrogen (secondary N) is 2. The number of carbonyl (C=O) groups is 1. The molecule has 0 saturated heterocycles. The average Bonchev–Trinajstić information content (AvgIpc) is 2.65. The normalized spacial score (nSPS) is 13.1. The van der Waals surface area contributed by atoms with Crippen LogP contribution in [0.3, 0.4) is 0 Å². The maximum Gasteiger partial charge on any atom is 0.255 e. The van der Waals surface area contributed by atoms with Crippen LogP contribution in [0, 0.1) is 5.92 Å². The molecule has 0 aliphatic carbocycles. The Morgan fingerprint density at radius 1 is 1.16 bits per heavy atom. The summed E-state index contributed by atoms with van der Waals surface area (Å²) in [4.78, 5) is 12.3. The highest BCUT2D eigenvalue weighted by Crippen LogP contribution is 2.15. The second-order valence-corrected chi connectivity index (χ2v) is 6.21. The van der Waals surface area contributed by atoms with Crippen LogP contribution in [-0.4, -0.2) is 30.8 Å². The first kappa shape index (κ1) is 19.0. The highest BCUT2D eigenvalue weighted by molar-refractivity contribution is 6.04. The molecule has 1 amide bonds. The van der Waals surface area contributed by atoms with Crippen molar-refractivity contribution in [2.45, 2.75) is 26.4 Å². The van der Waals surface area contributed by atoms with Gasteiger partial charge in [0.05, 0.1) is 7.11 Å². The number of amides is 1. The number of hydrogen-bond donors (Lipinski definition) is 3. The summed E-state index contributed by atoms with van der Waals surface area (Å²) in [6.07, 6.45) is 0. The van der Waals surface area contributed by atoms with Crippen molar-refractivity contribution in [2.75, 3.05) is 19.0 Å². The molecule has 2 rings (SSSR count). The molecular formula is C20H26N2O3. The Kier molecular flexibility index (Phi) is 6.98. The zero-order chi connectivity index (χ0) is 18.2. The predicted molar refractivity (Wildman–Crippen MR) is 99.9 cm³/mol. The smallest absolute Gasteiger partial charge is 0.255 e. The van der Waals surface area contributed by atoms with E-state index in [1.165, 1.54) is 0 Å². The Balaban J connectivity index is 1.97. The molecule has 0 aliphatic heterocycles. The van der Waals surface area contributed by atoms with Crippen molar-refractivity contribution >= 4 is 11.6 Å². The molecule has 5 nitrogen and oxygen atoms in total. The van der Waals surface area contributed by atoms with E-state index in [1.54, 1.807) is 31.4 Å². The molecule has 3 N–H and O–H groups in total. The zero-order valence-corrected chi connectivity index (χ0v) is 15.0. The van der Waals surface area contributed by atoms with Crippen LogP contribution in [0.5, 0.6) is 5.75 Å². The van der Waals surface area contributed by atoms with Crippen LogP contribution in [0.2, 0.25) is 0 Å². The highest BCUT2D eigenvalue weighted by atomic mass is 16.5. The lowest BCUT2D eigenvalue weighted by molar-refractivity contribution is 0.102. The topological polar surface area (TPSA) is 70.6 Å². The average molecular weight is 342 g/mol. The molecular weight excluding hydrogens is 316 g/mol. The molecule has 0 heterocycles. The van der Waals surface area contributed by atoms with Gasteiger partial charge in [-0.2, -0.15) is 0 Å². The van der Waals surface area contributed by atoms with Crippen molar-refractivity contribution in [3.63, 3.8) is 0 Å². The number of anilines is 1. The Morgan fingerprint density at radius 2 is 1.88 bits per heavy atom. The van der Waals surface area contributed by atoms with Gasteiger partial charge in [0, 0.05) is 30.4 Å². The summed E-state index contributed by atoms with van der Waals surface area (Å²) < 4.78 is 5.10. The minimum absolute atomic E-state index is 0.157. The van der Waals surface area contributed by atoms with Crippen LogP contribution >= 0.6 is 0 Å². The van der Waals surface area contributed by atoms with Gasteiger partial charge in [-0.25, -0.2) is 0 Å². The Labute approximate surface area is 149 Å². The second kappa shape index (κ2) is 9.20. The third-order valence-corrected chi connectivity index (χ3v) is 4.31. The fourth-order valence-electron chi connectivity index (χ4n) is 2.34. The molecule has 0 aliphatic rings. The minimum Gasteiger partial charge on any atom is -0.497 e. The maximum atomic E-state index is 12.3. The van der Waals surface area contributed by atoms with Crippen LogP contribution < -0.4 is 15.4 Å². The van der Waals surface area contributed by atoms with Crippen molar-refractivity contribution < 1.29 is 14.6 Å². The lowest BCUT2D eigenvalue weighted by atomic mass is 10.0. The molecule has 25 heavy (non-hydrogen) atoms. The lowest BCUT2D eigenvalue weighted by Crippen LogP contribution is -2.33. The van der Waals surface area contributed by atoms with E-state index in [4.69, 9.17) is 4.74 Å². The summed E-state index contributed by atoms with van der Waals surface area (Å²) in [5.74, 6) is 0.754. The van der Waals surface area contributed by atoms with Crippen LogP contribution in [0.15, 0.2) is 48.5 Å². The summed E-state index contributed by atoms with van der Waals surface area (Å²) >= 11 is 0. The number of benzene rings is 2. The first-order chi connectivity index (χ1) is 12.0. The van der Waals surface area contributed by atoms with Gasteiger partial charge in [0.1, 0.15) is 5.75 Å². The van der Waals surface area contributed by atoms with E-state index < -0.39 is 0 Å². The third-order valence-electron chi connectivity index (χ3n) is 4.31. The zero-order valence-electron chi connectivity index (χ0n) is 15.0. The highest BCUT2D eigenvalue weighted by Gasteiger charge is 2.11. The minimum atomic E-state index is -0.157. The summed E-state index contributed by atoms with van der Waals surface area (Å²) in [5.41, 5.74) is 2.40. The van der Waals surface area contributed by atoms with Gasteiger partial charge in [-0.05, 0) is 54.8 Å². The number of aliphatic hydroxyl groups is 1. The quantitative estimate of drug-likeness (QED) is 0.689. The fraction of sp³-hybridized carbons (Fsp3) is 0.350. The first-order valence-corrected chi connectivity index (χ1v) is 8.42. The molecule has 2 atom stereocenters. The van der Waals surface area contributed by atoms with Crippen LogP contribution in [0.4, 0.5) is 5.69 Å². The van der Waals surface area contributed by atoms with E-state index in [0.29, 0.717) is 12.1 Å². The maximum absolute atomic E-state index is 12.3. The number of aliphatic hydroxyl groups excluding tert-OH is 1. The van der Waals surface area contributed by atoms with Gasteiger partial charge in [0.2, 0.25) is 0 Å². The Hall–Kier alpha value is -2.37. The van der Waals surface area contributed by atoms with Crippen LogP contribution in [-0.2, 0) is 6.54 Å². The van der Waals surface area contributed by atoms with Crippen LogP contribution in [0.1, 0.15) is 29.8 Å². The fourth-order valence-corrected chi connectivity index (χ4v) is 2.34. The summed E-state index contributed by atoms with van der Waals surface area (Å²) in [6.45, 7) is 4.89. The number of ether oxygens (including phenoxy) is 1. The van der Waals surface area contributed by atoms with E-state index in [0.717, 1.165) is 17.0 Å². The summed E-state index contributed by atoms with van der Waals surface area (Å²) in [6, 6.07) is 14.9. The largest absolute Gasteiger partial charge is 0.497 e. The van der Waals surface area contributed by atoms with E-state index in [9.17, 15) is 9.90 Å². The molecule has 134 valence electrons. The number of methoxy groups -OCH3 is 1. The molecule has 2 aromatic carbocycles. The van der Waals surface area contributed by atoms with Gasteiger partial charge in [-0.3, -0.25) is 4.79 Å². The number of hydrogen-bond acceptors (Lipinski definition) is 4. The van der Waals surface area contributed by atoms with Gasteiger partial charge in [-0.15, -0.1) is 0 Å². The van der Waals surface area contributed by atoms with E-state index >= 15 is 0 Å². The molecule has 2 unspecified atom stereocenters. The van der Waals surface area contributed by atoms with Crippen molar-refractivity contribution in [1.82, 2.24) is 5.32 Å². The van der Waals surface area contributed by atoms with Gasteiger partial charge < -0.3 is 20.5 Å². The van der Waals surface area contributed by atoms with E-state index in [2.05, 4.69) is 17.6 Å². The second-order valence-electron chi connectivity index (χ2n) is 6.21. The number of rotatable bonds is 8. The Bertz CT molecular complexity index is 686. The standard InChI is InChI=1S/C20H26N2O3/c1-14(13-23)15(2)21-12-16-5-4-6-18(11-16)22-20(24)17-7-9-19(25-3)10-8-17/h4-11,14-15,21,23H,12-13H2,1-3H3,(H,22,24). The van der Waals surface area contributed by atoms with Crippen molar-refractivity contribution in [1.29, 1.82) is 0 Å². The third kappa shape index (κ3) is 5.59. The van der Waals surface area contributed by atoms with Gasteiger partial charge in [0.25, 0.3) is 5.91 Å². The molecule has 0 fully saturated rings. The van der Waals surface area contributed by atoms with Gasteiger partial charge >= 0.3 is 0 Å². The monoisotopic (exact) mass is 342 g/mol. The molecule has 0 aromatic heterocycles. The molecule has 0 radical (unpaired) electrons. The first-order valence-electron chi connectivity index (χ1n) is 8.42. The summed E-state index contributed by atoms with van der Waals surface area (Å²) in [7, 11) is 1.59. The van der Waals surface area contributed by atoms with Crippen molar-refractivity contribution in [3.8, 4) is 5.75 Å². The molecule has 0 bridgehead atoms. The summed E-state index contributed by atoms with van der Waals surface area (Å²) in [5, 5.41) is 15.5. The Morgan fingerprint density at radius 3 is 2.52 bits per heavy atom. The molecule has 2 aromatic rings. The molecule has 0 spiro atoms. The van der Waals surface area contributed by atoms with Crippen LogP contribution in [0.25, 0.3) is 0 Å².